The highest BCUT2D eigenvalue weighted by Gasteiger charge is 2.30. The van der Waals surface area contributed by atoms with Gasteiger partial charge in [-0.2, -0.15) is 0 Å². The van der Waals surface area contributed by atoms with E-state index >= 15 is 0 Å². The van der Waals surface area contributed by atoms with E-state index in [1.807, 2.05) is 4.90 Å². The molecule has 0 saturated carbocycles. The van der Waals surface area contributed by atoms with E-state index in [0.717, 1.165) is 39.1 Å². The van der Waals surface area contributed by atoms with E-state index in [9.17, 15) is 4.79 Å². The molecular formula is C17H25N3O. The SMILES string of the molecule is CC(C)N1CCN(C(=O)[C@H]2Cc3ccccc3CN2)CC1. The Balaban J connectivity index is 1.60. The predicted octanol–water partition coefficient (Wildman–Crippen LogP) is 1.25. The minimum absolute atomic E-state index is 0.0505. The van der Waals surface area contributed by atoms with Gasteiger partial charge in [0.1, 0.15) is 0 Å². The fourth-order valence-corrected chi connectivity index (χ4v) is 3.31. The Kier molecular flexibility index (Phi) is 4.27. The third-order valence-corrected chi connectivity index (χ3v) is 4.74. The largest absolute Gasteiger partial charge is 0.339 e. The van der Waals surface area contributed by atoms with Crippen molar-refractivity contribution in [2.75, 3.05) is 26.2 Å². The number of rotatable bonds is 2. The van der Waals surface area contributed by atoms with Gasteiger partial charge in [0, 0.05) is 38.8 Å². The van der Waals surface area contributed by atoms with Gasteiger partial charge in [-0.1, -0.05) is 24.3 Å². The number of nitrogens with one attached hydrogen (secondary N) is 1. The highest BCUT2D eigenvalue weighted by molar-refractivity contribution is 5.82. The molecule has 0 aliphatic carbocycles. The number of carbonyl (C=O) groups is 1. The van der Waals surface area contributed by atoms with Crippen LogP contribution in [0.15, 0.2) is 24.3 Å². The Morgan fingerprint density at radius 2 is 1.81 bits per heavy atom. The molecule has 4 heteroatoms. The number of benzene rings is 1. The summed E-state index contributed by atoms with van der Waals surface area (Å²) in [4.78, 5) is 17.2. The van der Waals surface area contributed by atoms with Crippen LogP contribution >= 0.6 is 0 Å². The molecule has 1 aromatic rings. The number of amides is 1. The zero-order valence-electron chi connectivity index (χ0n) is 13.0. The van der Waals surface area contributed by atoms with Crippen molar-refractivity contribution < 1.29 is 4.79 Å². The van der Waals surface area contributed by atoms with Gasteiger partial charge in [0.2, 0.25) is 5.91 Å². The molecule has 2 aliphatic heterocycles. The van der Waals surface area contributed by atoms with Crippen molar-refractivity contribution in [1.29, 1.82) is 0 Å². The molecular weight excluding hydrogens is 262 g/mol. The van der Waals surface area contributed by atoms with E-state index in [2.05, 4.69) is 48.3 Å². The van der Waals surface area contributed by atoms with E-state index in [-0.39, 0.29) is 11.9 Å². The Hall–Kier alpha value is -1.39. The van der Waals surface area contributed by atoms with E-state index in [1.165, 1.54) is 11.1 Å². The number of hydrogen-bond acceptors (Lipinski definition) is 3. The zero-order chi connectivity index (χ0) is 14.8. The lowest BCUT2D eigenvalue weighted by atomic mass is 9.95. The molecule has 0 bridgehead atoms. The third kappa shape index (κ3) is 3.11. The molecule has 2 heterocycles. The van der Waals surface area contributed by atoms with Gasteiger partial charge >= 0.3 is 0 Å². The molecule has 21 heavy (non-hydrogen) atoms. The molecule has 1 N–H and O–H groups in total. The maximum absolute atomic E-state index is 12.7. The molecule has 0 unspecified atom stereocenters. The summed E-state index contributed by atoms with van der Waals surface area (Å²) in [5, 5.41) is 3.40. The first kappa shape index (κ1) is 14.5. The smallest absolute Gasteiger partial charge is 0.240 e. The van der Waals surface area contributed by atoms with Gasteiger partial charge in [-0.25, -0.2) is 0 Å². The number of piperazine rings is 1. The Morgan fingerprint density at radius 1 is 1.14 bits per heavy atom. The average molecular weight is 287 g/mol. The van der Waals surface area contributed by atoms with Gasteiger partial charge < -0.3 is 10.2 Å². The van der Waals surface area contributed by atoms with Crippen LogP contribution in [0.5, 0.6) is 0 Å². The fraction of sp³-hybridized carbons (Fsp3) is 0.588. The molecule has 4 nitrogen and oxygen atoms in total. The van der Waals surface area contributed by atoms with Crippen LogP contribution in [0.25, 0.3) is 0 Å². The summed E-state index contributed by atoms with van der Waals surface area (Å²) in [6, 6.07) is 8.94. The fourth-order valence-electron chi connectivity index (χ4n) is 3.31. The first-order valence-electron chi connectivity index (χ1n) is 7.98. The lowest BCUT2D eigenvalue weighted by Gasteiger charge is -2.39. The van der Waals surface area contributed by atoms with Crippen LogP contribution in [0.2, 0.25) is 0 Å². The predicted molar refractivity (Wildman–Crippen MR) is 84.1 cm³/mol. The Morgan fingerprint density at radius 3 is 2.48 bits per heavy atom. The summed E-state index contributed by atoms with van der Waals surface area (Å²) < 4.78 is 0. The number of fused-ring (bicyclic) bond motifs is 1. The van der Waals surface area contributed by atoms with Crippen LogP contribution in [0.3, 0.4) is 0 Å². The zero-order valence-corrected chi connectivity index (χ0v) is 13.0. The molecule has 0 spiro atoms. The van der Waals surface area contributed by atoms with Gasteiger partial charge in [0.25, 0.3) is 0 Å². The topological polar surface area (TPSA) is 35.6 Å². The molecule has 0 aromatic heterocycles. The van der Waals surface area contributed by atoms with Gasteiger partial charge in [0.15, 0.2) is 0 Å². The van der Waals surface area contributed by atoms with Crippen molar-refractivity contribution in [3.05, 3.63) is 35.4 Å². The lowest BCUT2D eigenvalue weighted by molar-refractivity contribution is -0.135. The molecule has 0 radical (unpaired) electrons. The van der Waals surface area contributed by atoms with Gasteiger partial charge in [0.05, 0.1) is 6.04 Å². The molecule has 1 saturated heterocycles. The van der Waals surface area contributed by atoms with E-state index in [4.69, 9.17) is 0 Å². The summed E-state index contributed by atoms with van der Waals surface area (Å²) in [6.07, 6.45) is 0.819. The molecule has 1 amide bonds. The van der Waals surface area contributed by atoms with Gasteiger partial charge in [-0.05, 0) is 31.4 Å². The van der Waals surface area contributed by atoms with Crippen molar-refractivity contribution in [2.45, 2.75) is 38.9 Å². The maximum atomic E-state index is 12.7. The Bertz CT molecular complexity index is 507. The van der Waals surface area contributed by atoms with Crippen LogP contribution in [0, 0.1) is 0 Å². The first-order chi connectivity index (χ1) is 10.1. The minimum Gasteiger partial charge on any atom is -0.339 e. The highest BCUT2D eigenvalue weighted by Crippen LogP contribution is 2.18. The third-order valence-electron chi connectivity index (χ3n) is 4.74. The average Bonchev–Trinajstić information content (AvgIpc) is 2.54. The number of nitrogens with zero attached hydrogens (tertiary/aromatic N) is 2. The van der Waals surface area contributed by atoms with Crippen molar-refractivity contribution in [2.24, 2.45) is 0 Å². The molecule has 1 fully saturated rings. The van der Waals surface area contributed by atoms with E-state index < -0.39 is 0 Å². The monoisotopic (exact) mass is 287 g/mol. The lowest BCUT2D eigenvalue weighted by Crippen LogP contribution is -2.56. The number of carbonyl (C=O) groups excluding carboxylic acids is 1. The first-order valence-corrected chi connectivity index (χ1v) is 7.98. The second-order valence-electron chi connectivity index (χ2n) is 6.36. The van der Waals surface area contributed by atoms with Crippen molar-refractivity contribution in [3.63, 3.8) is 0 Å². The summed E-state index contributed by atoms with van der Waals surface area (Å²) in [6.45, 7) is 8.94. The van der Waals surface area contributed by atoms with Crippen LogP contribution < -0.4 is 5.32 Å². The molecule has 114 valence electrons. The quantitative estimate of drug-likeness (QED) is 0.889. The van der Waals surface area contributed by atoms with Gasteiger partial charge in [-0.3, -0.25) is 9.69 Å². The normalized spacial score (nSPS) is 23.2. The van der Waals surface area contributed by atoms with E-state index in [0.29, 0.717) is 6.04 Å². The van der Waals surface area contributed by atoms with Crippen LogP contribution in [0.1, 0.15) is 25.0 Å². The summed E-state index contributed by atoms with van der Waals surface area (Å²) in [5.74, 6) is 0.271. The van der Waals surface area contributed by atoms with Crippen molar-refractivity contribution in [1.82, 2.24) is 15.1 Å². The van der Waals surface area contributed by atoms with Crippen LogP contribution in [-0.2, 0) is 17.8 Å². The summed E-state index contributed by atoms with van der Waals surface area (Å²) in [7, 11) is 0. The molecule has 2 aliphatic rings. The standard InChI is InChI=1S/C17H25N3O/c1-13(2)19-7-9-20(10-8-19)17(21)16-11-14-5-3-4-6-15(14)12-18-16/h3-6,13,16,18H,7-12H2,1-2H3/t16-/m1/s1. The van der Waals surface area contributed by atoms with E-state index in [1.54, 1.807) is 0 Å². The second kappa shape index (κ2) is 6.16. The maximum Gasteiger partial charge on any atom is 0.240 e. The Labute approximate surface area is 127 Å². The highest BCUT2D eigenvalue weighted by atomic mass is 16.2. The molecule has 1 atom stereocenters. The van der Waals surface area contributed by atoms with Crippen LogP contribution in [0.4, 0.5) is 0 Å². The van der Waals surface area contributed by atoms with Crippen LogP contribution in [-0.4, -0.2) is 54.0 Å². The number of hydrogen-bond donors (Lipinski definition) is 1. The minimum atomic E-state index is -0.0505. The summed E-state index contributed by atoms with van der Waals surface area (Å²) in [5.41, 5.74) is 2.64. The summed E-state index contributed by atoms with van der Waals surface area (Å²) >= 11 is 0. The second-order valence-corrected chi connectivity index (χ2v) is 6.36. The van der Waals surface area contributed by atoms with Gasteiger partial charge in [-0.15, -0.1) is 0 Å². The van der Waals surface area contributed by atoms with Crippen molar-refractivity contribution >= 4 is 5.91 Å². The molecule has 1 aromatic carbocycles. The van der Waals surface area contributed by atoms with Crippen molar-refractivity contribution in [3.8, 4) is 0 Å². The molecule has 3 rings (SSSR count).